The predicted octanol–water partition coefficient (Wildman–Crippen LogP) is 2.84. The maximum absolute atomic E-state index is 11.8. The lowest BCUT2D eigenvalue weighted by Gasteiger charge is -2.14. The first-order valence-corrected chi connectivity index (χ1v) is 8.16. The summed E-state index contributed by atoms with van der Waals surface area (Å²) in [5.74, 6) is 0.646. The van der Waals surface area contributed by atoms with Gasteiger partial charge in [-0.2, -0.15) is 0 Å². The van der Waals surface area contributed by atoms with Gasteiger partial charge in [-0.3, -0.25) is 0 Å². The molecule has 0 heterocycles. The minimum atomic E-state index is -3.14. The highest BCUT2D eigenvalue weighted by atomic mass is 79.9. The van der Waals surface area contributed by atoms with Gasteiger partial charge in [0.05, 0.1) is 5.75 Å². The van der Waals surface area contributed by atoms with E-state index >= 15 is 0 Å². The summed E-state index contributed by atoms with van der Waals surface area (Å²) in [6.45, 7) is 1.87. The van der Waals surface area contributed by atoms with Crippen molar-refractivity contribution in [3.63, 3.8) is 0 Å². The van der Waals surface area contributed by atoms with Gasteiger partial charge in [0.2, 0.25) is 10.0 Å². The summed E-state index contributed by atoms with van der Waals surface area (Å²) in [6, 6.07) is 7.51. The highest BCUT2D eigenvalue weighted by molar-refractivity contribution is 9.10. The molecular weight excluding hydrogens is 302 g/mol. The smallest absolute Gasteiger partial charge is 0.212 e. The summed E-state index contributed by atoms with van der Waals surface area (Å²) in [5, 5.41) is 0. The zero-order valence-corrected chi connectivity index (χ0v) is 12.1. The highest BCUT2D eigenvalue weighted by Crippen LogP contribution is 2.30. The minimum absolute atomic E-state index is 0.184. The van der Waals surface area contributed by atoms with Crippen molar-refractivity contribution < 1.29 is 8.42 Å². The third kappa shape index (κ3) is 4.08. The van der Waals surface area contributed by atoms with Gasteiger partial charge in [-0.05, 0) is 43.4 Å². The molecule has 1 aromatic carbocycles. The van der Waals surface area contributed by atoms with Crippen molar-refractivity contribution in [3.8, 4) is 0 Å². The zero-order valence-electron chi connectivity index (χ0n) is 9.69. The van der Waals surface area contributed by atoms with Crippen LogP contribution >= 0.6 is 15.9 Å². The SMILES string of the molecule is CC(NS(=O)(=O)CC1CC1)c1cccc(Br)c1. The van der Waals surface area contributed by atoms with Gasteiger partial charge in [-0.1, -0.05) is 28.1 Å². The normalized spacial score (nSPS) is 18.0. The van der Waals surface area contributed by atoms with E-state index in [1.54, 1.807) is 0 Å². The Morgan fingerprint density at radius 3 is 2.76 bits per heavy atom. The van der Waals surface area contributed by atoms with E-state index in [4.69, 9.17) is 0 Å². The second kappa shape index (κ2) is 5.08. The molecule has 0 amide bonds. The molecule has 0 radical (unpaired) electrons. The number of hydrogen-bond donors (Lipinski definition) is 1. The lowest BCUT2D eigenvalue weighted by molar-refractivity contribution is 0.563. The van der Waals surface area contributed by atoms with E-state index in [0.717, 1.165) is 22.9 Å². The average molecular weight is 318 g/mol. The molecule has 1 fully saturated rings. The number of nitrogens with one attached hydrogen (secondary N) is 1. The number of rotatable bonds is 5. The van der Waals surface area contributed by atoms with Gasteiger partial charge in [-0.25, -0.2) is 13.1 Å². The summed E-state index contributed by atoms with van der Waals surface area (Å²) < 4.78 is 27.3. The van der Waals surface area contributed by atoms with Crippen LogP contribution in [0.15, 0.2) is 28.7 Å². The third-order valence-corrected chi connectivity index (χ3v) is 4.97. The van der Waals surface area contributed by atoms with Gasteiger partial charge in [0, 0.05) is 10.5 Å². The van der Waals surface area contributed by atoms with Crippen molar-refractivity contribution in [3.05, 3.63) is 34.3 Å². The molecule has 1 aliphatic rings. The van der Waals surface area contributed by atoms with E-state index in [9.17, 15) is 8.42 Å². The van der Waals surface area contributed by atoms with E-state index in [-0.39, 0.29) is 11.8 Å². The van der Waals surface area contributed by atoms with E-state index in [2.05, 4.69) is 20.7 Å². The molecule has 1 aliphatic carbocycles. The Labute approximate surface area is 111 Å². The molecule has 1 atom stereocenters. The van der Waals surface area contributed by atoms with E-state index in [1.807, 2.05) is 31.2 Å². The van der Waals surface area contributed by atoms with Crippen molar-refractivity contribution in [1.29, 1.82) is 0 Å². The Kier molecular flexibility index (Phi) is 3.90. The Hall–Kier alpha value is -0.390. The van der Waals surface area contributed by atoms with Crippen LogP contribution in [-0.2, 0) is 10.0 Å². The zero-order chi connectivity index (χ0) is 12.5. The second-order valence-corrected chi connectivity index (χ2v) is 7.33. The molecule has 3 nitrogen and oxygen atoms in total. The average Bonchev–Trinajstić information content (AvgIpc) is 3.00. The number of benzene rings is 1. The minimum Gasteiger partial charge on any atom is -0.212 e. The molecular formula is C12H16BrNO2S. The number of sulfonamides is 1. The van der Waals surface area contributed by atoms with Crippen molar-refractivity contribution in [2.45, 2.75) is 25.8 Å². The number of halogens is 1. The van der Waals surface area contributed by atoms with Crippen LogP contribution < -0.4 is 4.72 Å². The van der Waals surface area contributed by atoms with Crippen LogP contribution in [0.4, 0.5) is 0 Å². The Morgan fingerprint density at radius 1 is 1.47 bits per heavy atom. The van der Waals surface area contributed by atoms with Gasteiger partial charge in [0.25, 0.3) is 0 Å². The van der Waals surface area contributed by atoms with Gasteiger partial charge in [-0.15, -0.1) is 0 Å². The molecule has 0 aromatic heterocycles. The highest BCUT2D eigenvalue weighted by Gasteiger charge is 2.28. The lowest BCUT2D eigenvalue weighted by Crippen LogP contribution is -2.29. The largest absolute Gasteiger partial charge is 0.212 e. The van der Waals surface area contributed by atoms with Crippen LogP contribution in [0.1, 0.15) is 31.4 Å². The quantitative estimate of drug-likeness (QED) is 0.907. The Morgan fingerprint density at radius 2 is 2.18 bits per heavy atom. The summed E-state index contributed by atoms with van der Waals surface area (Å²) in [7, 11) is -3.14. The monoisotopic (exact) mass is 317 g/mol. The maximum atomic E-state index is 11.8. The fourth-order valence-electron chi connectivity index (χ4n) is 1.76. The van der Waals surface area contributed by atoms with Crippen LogP contribution in [-0.4, -0.2) is 14.2 Å². The van der Waals surface area contributed by atoms with Gasteiger partial charge in [0.15, 0.2) is 0 Å². The number of hydrogen-bond acceptors (Lipinski definition) is 2. The van der Waals surface area contributed by atoms with E-state index in [1.165, 1.54) is 0 Å². The molecule has 1 aromatic rings. The molecule has 2 rings (SSSR count). The summed E-state index contributed by atoms with van der Waals surface area (Å²) in [6.07, 6.45) is 2.10. The molecule has 1 saturated carbocycles. The molecule has 0 aliphatic heterocycles. The van der Waals surface area contributed by atoms with Gasteiger partial charge in [0.1, 0.15) is 0 Å². The van der Waals surface area contributed by atoms with Gasteiger partial charge >= 0.3 is 0 Å². The Balaban J connectivity index is 2.02. The van der Waals surface area contributed by atoms with Gasteiger partial charge < -0.3 is 0 Å². The maximum Gasteiger partial charge on any atom is 0.212 e. The summed E-state index contributed by atoms with van der Waals surface area (Å²) >= 11 is 3.38. The molecule has 0 bridgehead atoms. The first kappa shape index (κ1) is 13.1. The molecule has 94 valence electrons. The van der Waals surface area contributed by atoms with Crippen molar-refractivity contribution in [2.24, 2.45) is 5.92 Å². The predicted molar refractivity (Wildman–Crippen MR) is 72.2 cm³/mol. The molecule has 0 saturated heterocycles. The van der Waals surface area contributed by atoms with Crippen LogP contribution in [0.2, 0.25) is 0 Å². The topological polar surface area (TPSA) is 46.2 Å². The van der Waals surface area contributed by atoms with Crippen LogP contribution in [0, 0.1) is 5.92 Å². The van der Waals surface area contributed by atoms with Crippen molar-refractivity contribution in [2.75, 3.05) is 5.75 Å². The van der Waals surface area contributed by atoms with E-state index in [0.29, 0.717) is 5.92 Å². The van der Waals surface area contributed by atoms with E-state index < -0.39 is 10.0 Å². The first-order valence-electron chi connectivity index (χ1n) is 5.72. The summed E-state index contributed by atoms with van der Waals surface area (Å²) in [4.78, 5) is 0. The molecule has 0 spiro atoms. The first-order chi connectivity index (χ1) is 7.96. The van der Waals surface area contributed by atoms with Crippen molar-refractivity contribution in [1.82, 2.24) is 4.72 Å². The third-order valence-electron chi connectivity index (χ3n) is 2.86. The standard InChI is InChI=1S/C12H16BrNO2S/c1-9(11-3-2-4-12(13)7-11)14-17(15,16)8-10-5-6-10/h2-4,7,9-10,14H,5-6,8H2,1H3. The van der Waals surface area contributed by atoms with Crippen molar-refractivity contribution >= 4 is 26.0 Å². The molecule has 17 heavy (non-hydrogen) atoms. The Bertz CT molecular complexity index is 497. The molecule has 1 N–H and O–H groups in total. The second-order valence-electron chi connectivity index (χ2n) is 4.62. The van der Waals surface area contributed by atoms with Crippen LogP contribution in [0.5, 0.6) is 0 Å². The molecule has 1 unspecified atom stereocenters. The fourth-order valence-corrected chi connectivity index (χ4v) is 3.90. The lowest BCUT2D eigenvalue weighted by atomic mass is 10.1. The summed E-state index contributed by atoms with van der Waals surface area (Å²) in [5.41, 5.74) is 0.971. The molecule has 5 heteroatoms. The van der Waals surface area contributed by atoms with Crippen LogP contribution in [0.25, 0.3) is 0 Å². The fraction of sp³-hybridized carbons (Fsp3) is 0.500. The van der Waals surface area contributed by atoms with Crippen LogP contribution in [0.3, 0.4) is 0 Å².